The van der Waals surface area contributed by atoms with Gasteiger partial charge in [0, 0.05) is 0 Å². The summed E-state index contributed by atoms with van der Waals surface area (Å²) in [5.74, 6) is -0.813. The van der Waals surface area contributed by atoms with Crippen LogP contribution in [0.1, 0.15) is 25.8 Å². The summed E-state index contributed by atoms with van der Waals surface area (Å²) in [5.41, 5.74) is 0.913. The quantitative estimate of drug-likeness (QED) is 0.560. The van der Waals surface area contributed by atoms with Gasteiger partial charge < -0.3 is 9.47 Å². The van der Waals surface area contributed by atoms with Crippen molar-refractivity contribution in [1.29, 1.82) is 0 Å². The Labute approximate surface area is 131 Å². The van der Waals surface area contributed by atoms with Crippen LogP contribution in [0.2, 0.25) is 0 Å². The van der Waals surface area contributed by atoms with Gasteiger partial charge in [-0.05, 0) is 25.8 Å². The number of hydrogen-bond acceptors (Lipinski definition) is 5. The maximum atomic E-state index is 12.0. The van der Waals surface area contributed by atoms with Gasteiger partial charge in [-0.2, -0.15) is 0 Å². The third kappa shape index (κ3) is 6.10. The summed E-state index contributed by atoms with van der Waals surface area (Å²) in [6.07, 6.45) is 1.99. The first-order valence-corrected chi connectivity index (χ1v) is 7.32. The Balaban J connectivity index is 2.50. The van der Waals surface area contributed by atoms with Gasteiger partial charge in [0.25, 0.3) is 0 Å². The number of rotatable bonds is 9. The fraction of sp³-hybridized carbons (Fsp3) is 0.412. The molecule has 22 heavy (non-hydrogen) atoms. The highest BCUT2D eigenvalue weighted by molar-refractivity contribution is 5.79. The van der Waals surface area contributed by atoms with Crippen LogP contribution < -0.4 is 5.32 Å². The monoisotopic (exact) mass is 305 g/mol. The lowest BCUT2D eigenvalue weighted by molar-refractivity contribution is -0.149. The summed E-state index contributed by atoms with van der Waals surface area (Å²) in [6.45, 7) is 7.50. The van der Waals surface area contributed by atoms with Gasteiger partial charge >= 0.3 is 11.9 Å². The molecule has 0 aliphatic rings. The topological polar surface area (TPSA) is 64.6 Å². The number of benzene rings is 1. The molecule has 5 nitrogen and oxygen atoms in total. The second-order valence-corrected chi connectivity index (χ2v) is 4.81. The third-order valence-electron chi connectivity index (χ3n) is 3.00. The Bertz CT molecular complexity index is 487. The van der Waals surface area contributed by atoms with Gasteiger partial charge in [-0.3, -0.25) is 14.9 Å². The van der Waals surface area contributed by atoms with Crippen molar-refractivity contribution in [2.75, 3.05) is 6.61 Å². The Morgan fingerprint density at radius 2 is 1.91 bits per heavy atom. The smallest absolute Gasteiger partial charge is 0.323 e. The van der Waals surface area contributed by atoms with E-state index in [1.54, 1.807) is 19.9 Å². The maximum Gasteiger partial charge on any atom is 0.323 e. The minimum atomic E-state index is -0.613. The number of ether oxygens (including phenoxy) is 2. The number of hydrogen-bond donors (Lipinski definition) is 1. The fourth-order valence-electron chi connectivity index (χ4n) is 1.87. The first kappa shape index (κ1) is 17.9. The normalized spacial score (nSPS) is 13.0. The van der Waals surface area contributed by atoms with Crippen LogP contribution in [-0.2, 0) is 25.7 Å². The van der Waals surface area contributed by atoms with Crippen molar-refractivity contribution < 1.29 is 19.1 Å². The average molecular weight is 305 g/mol. The zero-order chi connectivity index (χ0) is 16.4. The van der Waals surface area contributed by atoms with Crippen LogP contribution in [0.15, 0.2) is 43.0 Å². The molecule has 1 aromatic carbocycles. The van der Waals surface area contributed by atoms with Gasteiger partial charge in [0.15, 0.2) is 0 Å². The molecule has 5 heteroatoms. The van der Waals surface area contributed by atoms with Crippen LogP contribution >= 0.6 is 0 Å². The Kier molecular flexibility index (Phi) is 7.92. The Hall–Kier alpha value is -2.14. The van der Waals surface area contributed by atoms with E-state index in [2.05, 4.69) is 11.9 Å². The van der Waals surface area contributed by atoms with Crippen molar-refractivity contribution in [2.45, 2.75) is 39.0 Å². The lowest BCUT2D eigenvalue weighted by atomic mass is 10.1. The number of esters is 2. The number of carbonyl (C=O) groups is 2. The highest BCUT2D eigenvalue weighted by atomic mass is 16.5. The molecule has 1 N–H and O–H groups in total. The van der Waals surface area contributed by atoms with Gasteiger partial charge in [0.2, 0.25) is 0 Å². The van der Waals surface area contributed by atoms with Crippen molar-refractivity contribution >= 4 is 11.9 Å². The van der Waals surface area contributed by atoms with Gasteiger partial charge in [0.05, 0.1) is 6.61 Å². The largest absolute Gasteiger partial charge is 0.465 e. The van der Waals surface area contributed by atoms with Gasteiger partial charge in [0.1, 0.15) is 18.7 Å². The molecule has 0 bridgehead atoms. The van der Waals surface area contributed by atoms with Gasteiger partial charge in [-0.15, -0.1) is 6.58 Å². The molecule has 0 aromatic heterocycles. The molecule has 0 aliphatic carbocycles. The van der Waals surface area contributed by atoms with E-state index in [-0.39, 0.29) is 6.61 Å². The lowest BCUT2D eigenvalue weighted by Crippen LogP contribution is -2.46. The molecular weight excluding hydrogens is 282 g/mol. The van der Waals surface area contributed by atoms with E-state index in [4.69, 9.17) is 9.47 Å². The second-order valence-electron chi connectivity index (χ2n) is 4.81. The maximum absolute atomic E-state index is 12.0. The SMILES string of the molecule is C=CC[C@H](N[C@@H](C)C(=O)OCc1ccccc1)C(=O)OCC. The van der Waals surface area contributed by atoms with E-state index in [9.17, 15) is 9.59 Å². The molecular formula is C17H23NO4. The molecule has 0 saturated carbocycles. The fourth-order valence-corrected chi connectivity index (χ4v) is 1.87. The minimum Gasteiger partial charge on any atom is -0.465 e. The van der Waals surface area contributed by atoms with E-state index in [0.29, 0.717) is 13.0 Å². The summed E-state index contributed by atoms with van der Waals surface area (Å²) in [4.78, 5) is 23.8. The predicted molar refractivity (Wildman–Crippen MR) is 84.1 cm³/mol. The van der Waals surface area contributed by atoms with Gasteiger partial charge in [-0.1, -0.05) is 36.4 Å². The lowest BCUT2D eigenvalue weighted by Gasteiger charge is -2.20. The molecule has 1 rings (SSSR count). The van der Waals surface area contributed by atoms with Crippen molar-refractivity contribution in [3.05, 3.63) is 48.6 Å². The summed E-state index contributed by atoms with van der Waals surface area (Å²) in [7, 11) is 0. The molecule has 0 unspecified atom stereocenters. The molecule has 1 aromatic rings. The summed E-state index contributed by atoms with van der Waals surface area (Å²) in [6, 6.07) is 8.20. The minimum absolute atomic E-state index is 0.206. The molecule has 2 atom stereocenters. The van der Waals surface area contributed by atoms with Crippen LogP contribution in [0.25, 0.3) is 0 Å². The number of nitrogens with one attached hydrogen (secondary N) is 1. The van der Waals surface area contributed by atoms with Gasteiger partial charge in [-0.25, -0.2) is 0 Å². The molecule has 120 valence electrons. The van der Waals surface area contributed by atoms with Crippen molar-refractivity contribution in [1.82, 2.24) is 5.32 Å². The Morgan fingerprint density at radius 3 is 2.50 bits per heavy atom. The first-order chi connectivity index (χ1) is 10.6. The van der Waals surface area contributed by atoms with Crippen LogP contribution in [-0.4, -0.2) is 30.6 Å². The standard InChI is InChI=1S/C17H23NO4/c1-4-9-15(17(20)21-5-2)18-13(3)16(19)22-12-14-10-7-6-8-11-14/h4,6-8,10-11,13,15,18H,1,5,9,12H2,2-3H3/t13-,15-/m0/s1. The molecule has 0 spiro atoms. The van der Waals surface area contributed by atoms with E-state index < -0.39 is 24.0 Å². The molecule has 0 radical (unpaired) electrons. The van der Waals surface area contributed by atoms with Crippen LogP contribution in [0, 0.1) is 0 Å². The highest BCUT2D eigenvalue weighted by Crippen LogP contribution is 2.04. The average Bonchev–Trinajstić information content (AvgIpc) is 2.53. The van der Waals surface area contributed by atoms with E-state index in [0.717, 1.165) is 5.56 Å². The first-order valence-electron chi connectivity index (χ1n) is 7.32. The van der Waals surface area contributed by atoms with E-state index in [1.807, 2.05) is 30.3 Å². The third-order valence-corrected chi connectivity index (χ3v) is 3.00. The highest BCUT2D eigenvalue weighted by Gasteiger charge is 2.24. The molecule has 0 amide bonds. The molecule has 0 fully saturated rings. The Morgan fingerprint density at radius 1 is 1.23 bits per heavy atom. The number of carbonyl (C=O) groups excluding carboxylic acids is 2. The summed E-state index contributed by atoms with van der Waals surface area (Å²) < 4.78 is 10.2. The van der Waals surface area contributed by atoms with Crippen molar-refractivity contribution in [2.24, 2.45) is 0 Å². The zero-order valence-corrected chi connectivity index (χ0v) is 13.1. The molecule has 0 saturated heterocycles. The van der Waals surface area contributed by atoms with Crippen LogP contribution in [0.4, 0.5) is 0 Å². The molecule has 0 aliphatic heterocycles. The van der Waals surface area contributed by atoms with E-state index >= 15 is 0 Å². The second kappa shape index (κ2) is 9.73. The zero-order valence-electron chi connectivity index (χ0n) is 13.1. The van der Waals surface area contributed by atoms with Crippen molar-refractivity contribution in [3.8, 4) is 0 Å². The predicted octanol–water partition coefficient (Wildman–Crippen LogP) is 2.22. The molecule has 0 heterocycles. The van der Waals surface area contributed by atoms with Crippen molar-refractivity contribution in [3.63, 3.8) is 0 Å². The summed E-state index contributed by atoms with van der Waals surface area (Å²) in [5, 5.41) is 2.92. The van der Waals surface area contributed by atoms with Crippen LogP contribution in [0.5, 0.6) is 0 Å². The van der Waals surface area contributed by atoms with Crippen LogP contribution in [0.3, 0.4) is 0 Å². The van der Waals surface area contributed by atoms with E-state index in [1.165, 1.54) is 0 Å². The summed E-state index contributed by atoms with van der Waals surface area (Å²) >= 11 is 0.